The number of benzene rings is 3. The Bertz CT molecular complexity index is 1140. The second-order valence-electron chi connectivity index (χ2n) is 8.06. The highest BCUT2D eigenvalue weighted by atomic mass is 32.2. The van der Waals surface area contributed by atoms with Gasteiger partial charge in [-0.2, -0.15) is 4.31 Å². The predicted octanol–water partition coefficient (Wildman–Crippen LogP) is 4.54. The number of hydrogen-bond donors (Lipinski definition) is 0. The molecule has 3 aromatic rings. The summed E-state index contributed by atoms with van der Waals surface area (Å²) in [5.74, 6) is -0.442. The van der Waals surface area contributed by atoms with Gasteiger partial charge in [-0.25, -0.2) is 12.8 Å². The Kier molecular flexibility index (Phi) is 6.23. The van der Waals surface area contributed by atoms with Crippen molar-refractivity contribution in [1.82, 2.24) is 9.21 Å². The van der Waals surface area contributed by atoms with Gasteiger partial charge in [0, 0.05) is 26.2 Å². The van der Waals surface area contributed by atoms with Crippen LogP contribution in [0.4, 0.5) is 4.39 Å². The van der Waals surface area contributed by atoms with E-state index in [9.17, 15) is 12.8 Å². The standard InChI is InChI=1S/C25H27FN2O2S/c1-19-7-9-21(10-8-19)25(24-6-4-3-5-20(24)2)27-15-17-28(18-16-27)31(29,30)23-13-11-22(26)12-14-23/h3-14,25H,15-18H2,1-2H3/t25-/m1/s1. The molecule has 0 amide bonds. The third-order valence-electron chi connectivity index (χ3n) is 5.97. The first-order valence-corrected chi connectivity index (χ1v) is 11.9. The second kappa shape index (κ2) is 8.91. The fourth-order valence-corrected chi connectivity index (χ4v) is 5.61. The maximum absolute atomic E-state index is 13.2. The van der Waals surface area contributed by atoms with Crippen LogP contribution in [0.5, 0.6) is 0 Å². The van der Waals surface area contributed by atoms with E-state index in [2.05, 4.69) is 61.2 Å². The summed E-state index contributed by atoms with van der Waals surface area (Å²) in [7, 11) is -3.63. The van der Waals surface area contributed by atoms with Crippen LogP contribution in [0.25, 0.3) is 0 Å². The van der Waals surface area contributed by atoms with Gasteiger partial charge in [-0.05, 0) is 54.8 Å². The van der Waals surface area contributed by atoms with Crippen LogP contribution in [0.15, 0.2) is 77.7 Å². The number of sulfonamides is 1. The molecule has 0 radical (unpaired) electrons. The summed E-state index contributed by atoms with van der Waals surface area (Å²) < 4.78 is 40.7. The van der Waals surface area contributed by atoms with Crippen LogP contribution in [0.1, 0.15) is 28.3 Å². The lowest BCUT2D eigenvalue weighted by molar-refractivity contribution is 0.155. The van der Waals surface area contributed by atoms with Crippen LogP contribution < -0.4 is 0 Å². The van der Waals surface area contributed by atoms with Crippen molar-refractivity contribution >= 4 is 10.0 Å². The molecule has 0 spiro atoms. The first-order valence-electron chi connectivity index (χ1n) is 10.5. The van der Waals surface area contributed by atoms with Gasteiger partial charge >= 0.3 is 0 Å². The maximum atomic E-state index is 13.2. The van der Waals surface area contributed by atoms with Crippen molar-refractivity contribution in [2.24, 2.45) is 0 Å². The fourth-order valence-electron chi connectivity index (χ4n) is 4.19. The third-order valence-corrected chi connectivity index (χ3v) is 7.88. The lowest BCUT2D eigenvalue weighted by atomic mass is 9.92. The predicted molar refractivity (Wildman–Crippen MR) is 121 cm³/mol. The van der Waals surface area contributed by atoms with E-state index in [4.69, 9.17) is 0 Å². The van der Waals surface area contributed by atoms with Crippen molar-refractivity contribution in [3.05, 3.63) is 101 Å². The highest BCUT2D eigenvalue weighted by molar-refractivity contribution is 7.89. The summed E-state index contributed by atoms with van der Waals surface area (Å²) >= 11 is 0. The smallest absolute Gasteiger partial charge is 0.243 e. The molecule has 1 aliphatic heterocycles. The Morgan fingerprint density at radius 2 is 1.42 bits per heavy atom. The molecule has 0 N–H and O–H groups in total. The van der Waals surface area contributed by atoms with E-state index in [0.29, 0.717) is 26.2 Å². The Morgan fingerprint density at radius 3 is 2.03 bits per heavy atom. The van der Waals surface area contributed by atoms with Gasteiger partial charge in [-0.1, -0.05) is 54.1 Å². The molecule has 31 heavy (non-hydrogen) atoms. The fraction of sp³-hybridized carbons (Fsp3) is 0.280. The molecule has 0 aromatic heterocycles. The normalized spacial score (nSPS) is 16.9. The summed E-state index contributed by atoms with van der Waals surface area (Å²) in [4.78, 5) is 2.49. The average molecular weight is 439 g/mol. The molecule has 1 heterocycles. The number of halogens is 1. The minimum Gasteiger partial charge on any atom is -0.290 e. The zero-order valence-electron chi connectivity index (χ0n) is 17.8. The molecule has 6 heteroatoms. The number of aryl methyl sites for hydroxylation is 2. The van der Waals surface area contributed by atoms with E-state index in [1.807, 2.05) is 6.07 Å². The highest BCUT2D eigenvalue weighted by Crippen LogP contribution is 2.32. The van der Waals surface area contributed by atoms with Gasteiger partial charge in [0.1, 0.15) is 5.82 Å². The molecule has 1 saturated heterocycles. The summed E-state index contributed by atoms with van der Waals surface area (Å²) in [5.41, 5.74) is 4.87. The maximum Gasteiger partial charge on any atom is 0.243 e. The molecule has 0 bridgehead atoms. The number of nitrogens with zero attached hydrogens (tertiary/aromatic N) is 2. The van der Waals surface area contributed by atoms with Crippen molar-refractivity contribution in [3.8, 4) is 0 Å². The van der Waals surface area contributed by atoms with Gasteiger partial charge < -0.3 is 0 Å². The number of hydrogen-bond acceptors (Lipinski definition) is 3. The zero-order chi connectivity index (χ0) is 22.0. The van der Waals surface area contributed by atoms with Crippen LogP contribution >= 0.6 is 0 Å². The monoisotopic (exact) mass is 438 g/mol. The molecule has 0 aliphatic carbocycles. The number of rotatable bonds is 5. The molecule has 1 atom stereocenters. The van der Waals surface area contributed by atoms with Crippen molar-refractivity contribution in [3.63, 3.8) is 0 Å². The summed E-state index contributed by atoms with van der Waals surface area (Å²) in [6, 6.07) is 22.0. The summed E-state index contributed by atoms with van der Waals surface area (Å²) in [6.45, 7) is 6.22. The van der Waals surface area contributed by atoms with Gasteiger partial charge in [0.05, 0.1) is 10.9 Å². The molecule has 4 rings (SSSR count). The second-order valence-corrected chi connectivity index (χ2v) is 10.0. The average Bonchev–Trinajstić information content (AvgIpc) is 2.77. The van der Waals surface area contributed by atoms with E-state index >= 15 is 0 Å². The van der Waals surface area contributed by atoms with Crippen LogP contribution in [0.3, 0.4) is 0 Å². The van der Waals surface area contributed by atoms with Crippen LogP contribution in [-0.2, 0) is 10.0 Å². The van der Waals surface area contributed by atoms with Gasteiger partial charge in [-0.15, -0.1) is 0 Å². The zero-order valence-corrected chi connectivity index (χ0v) is 18.6. The minimum absolute atomic E-state index is 0.0671. The van der Waals surface area contributed by atoms with Gasteiger partial charge in [0.2, 0.25) is 10.0 Å². The molecule has 4 nitrogen and oxygen atoms in total. The molecular weight excluding hydrogens is 411 g/mol. The topological polar surface area (TPSA) is 40.6 Å². The van der Waals surface area contributed by atoms with E-state index < -0.39 is 15.8 Å². The van der Waals surface area contributed by atoms with Crippen LogP contribution in [0.2, 0.25) is 0 Å². The Morgan fingerprint density at radius 1 is 0.806 bits per heavy atom. The van der Waals surface area contributed by atoms with Crippen molar-refractivity contribution < 1.29 is 12.8 Å². The molecule has 1 fully saturated rings. The minimum atomic E-state index is -3.63. The van der Waals surface area contributed by atoms with Gasteiger partial charge in [0.25, 0.3) is 0 Å². The van der Waals surface area contributed by atoms with E-state index in [-0.39, 0.29) is 10.9 Å². The SMILES string of the molecule is Cc1ccc([C@H](c2ccccc2C)N2CCN(S(=O)(=O)c3ccc(F)cc3)CC2)cc1. The van der Waals surface area contributed by atoms with Crippen molar-refractivity contribution in [2.75, 3.05) is 26.2 Å². The van der Waals surface area contributed by atoms with Crippen LogP contribution in [-0.4, -0.2) is 43.8 Å². The van der Waals surface area contributed by atoms with Crippen LogP contribution in [0, 0.1) is 19.7 Å². The molecule has 0 saturated carbocycles. The number of piperazine rings is 1. The Labute approximate surface area is 184 Å². The molecule has 162 valence electrons. The summed E-state index contributed by atoms with van der Waals surface area (Å²) in [5, 5.41) is 0. The first-order chi connectivity index (χ1) is 14.9. The Balaban J connectivity index is 1.59. The van der Waals surface area contributed by atoms with E-state index in [0.717, 1.165) is 0 Å². The third kappa shape index (κ3) is 4.56. The van der Waals surface area contributed by atoms with Gasteiger partial charge in [-0.3, -0.25) is 4.90 Å². The van der Waals surface area contributed by atoms with Crippen molar-refractivity contribution in [1.29, 1.82) is 0 Å². The molecule has 1 aliphatic rings. The molecule has 0 unspecified atom stereocenters. The quantitative estimate of drug-likeness (QED) is 0.587. The molecular formula is C25H27FN2O2S. The first kappa shape index (κ1) is 21.7. The highest BCUT2D eigenvalue weighted by Gasteiger charge is 2.32. The van der Waals surface area contributed by atoms with Crippen molar-refractivity contribution in [2.45, 2.75) is 24.8 Å². The van der Waals surface area contributed by atoms with Gasteiger partial charge in [0.15, 0.2) is 0 Å². The lowest BCUT2D eigenvalue weighted by Gasteiger charge is -2.39. The Hall–Kier alpha value is -2.54. The molecule has 3 aromatic carbocycles. The van der Waals surface area contributed by atoms with E-state index in [1.54, 1.807) is 0 Å². The largest absolute Gasteiger partial charge is 0.290 e. The summed E-state index contributed by atoms with van der Waals surface area (Å²) in [6.07, 6.45) is 0. The van der Waals surface area contributed by atoms with E-state index in [1.165, 1.54) is 50.8 Å². The lowest BCUT2D eigenvalue weighted by Crippen LogP contribution is -2.49.